The van der Waals surface area contributed by atoms with Crippen LogP contribution < -0.4 is 16.0 Å². The zero-order valence-corrected chi connectivity index (χ0v) is 22.4. The maximum absolute atomic E-state index is 13.8. The van der Waals surface area contributed by atoms with Gasteiger partial charge in [-0.3, -0.25) is 9.59 Å². The number of hydrogen-bond acceptors (Lipinski definition) is 3. The Kier molecular flexibility index (Phi) is 9.27. The van der Waals surface area contributed by atoms with Crippen LogP contribution in [0.15, 0.2) is 70.7 Å². The van der Waals surface area contributed by atoms with Crippen LogP contribution in [0.25, 0.3) is 0 Å². The van der Waals surface area contributed by atoms with Crippen molar-refractivity contribution in [2.24, 2.45) is 11.8 Å². The van der Waals surface area contributed by atoms with Crippen LogP contribution in [0.4, 0.5) is 8.78 Å². The molecule has 37 heavy (non-hydrogen) atoms. The molecule has 0 saturated heterocycles. The first-order chi connectivity index (χ1) is 17.8. The van der Waals surface area contributed by atoms with Gasteiger partial charge in [-0.2, -0.15) is 0 Å². The molecule has 2 aromatic carbocycles. The van der Waals surface area contributed by atoms with Crippen LogP contribution in [0.5, 0.6) is 0 Å². The standard InChI is InChI=1S/C29H32BrF2N3O2/c1-33-17-27(36)34-24-14-15-25(26(16-24)18-2-8-21(30)9-3-18)29(37)35-28(19-4-10-22(31)11-5-19)20-6-12-23(32)13-7-20/h2,4-8,10-13,24-26,28,33H,3,9,14-17H2,1H3,(H,34,36)(H,35,37)/t24-,25-,26+/m1/s1. The van der Waals surface area contributed by atoms with E-state index in [0.717, 1.165) is 28.5 Å². The van der Waals surface area contributed by atoms with Crippen LogP contribution in [-0.4, -0.2) is 31.4 Å². The van der Waals surface area contributed by atoms with Crippen molar-refractivity contribution in [3.05, 3.63) is 93.5 Å². The summed E-state index contributed by atoms with van der Waals surface area (Å²) < 4.78 is 28.4. The highest BCUT2D eigenvalue weighted by molar-refractivity contribution is 9.11. The number of amides is 2. The van der Waals surface area contributed by atoms with Crippen molar-refractivity contribution in [2.75, 3.05) is 13.6 Å². The van der Waals surface area contributed by atoms with Crippen LogP contribution in [0.2, 0.25) is 0 Å². The quantitative estimate of drug-likeness (QED) is 0.403. The predicted octanol–water partition coefficient (Wildman–Crippen LogP) is 5.29. The minimum atomic E-state index is -0.545. The Bertz CT molecular complexity index is 1120. The minimum Gasteiger partial charge on any atom is -0.352 e. The molecule has 0 radical (unpaired) electrons. The molecule has 0 bridgehead atoms. The van der Waals surface area contributed by atoms with Gasteiger partial charge in [-0.1, -0.05) is 57.9 Å². The van der Waals surface area contributed by atoms with E-state index in [4.69, 9.17) is 0 Å². The molecule has 2 amide bonds. The van der Waals surface area contributed by atoms with Crippen molar-refractivity contribution in [3.8, 4) is 0 Å². The molecule has 2 aliphatic carbocycles. The zero-order valence-electron chi connectivity index (χ0n) is 20.8. The number of halogens is 3. The molecule has 196 valence electrons. The van der Waals surface area contributed by atoms with Gasteiger partial charge in [0.25, 0.3) is 0 Å². The lowest BCUT2D eigenvalue weighted by molar-refractivity contribution is -0.128. The van der Waals surface area contributed by atoms with Gasteiger partial charge in [0.2, 0.25) is 11.8 Å². The number of carbonyl (C=O) groups is 2. The third kappa shape index (κ3) is 7.14. The summed E-state index contributed by atoms with van der Waals surface area (Å²) in [5.74, 6) is -1.18. The normalized spacial score (nSPS) is 21.7. The monoisotopic (exact) mass is 571 g/mol. The third-order valence-electron chi connectivity index (χ3n) is 7.19. The summed E-state index contributed by atoms with van der Waals surface area (Å²) in [6.07, 6.45) is 7.87. The molecular weight excluding hydrogens is 540 g/mol. The van der Waals surface area contributed by atoms with E-state index in [1.54, 1.807) is 31.3 Å². The number of benzene rings is 2. The van der Waals surface area contributed by atoms with Gasteiger partial charge in [0, 0.05) is 12.0 Å². The molecule has 0 unspecified atom stereocenters. The fourth-order valence-corrected chi connectivity index (χ4v) is 5.65. The Labute approximate surface area is 224 Å². The zero-order chi connectivity index (χ0) is 26.4. The second kappa shape index (κ2) is 12.6. The van der Waals surface area contributed by atoms with Crippen molar-refractivity contribution >= 4 is 27.7 Å². The topological polar surface area (TPSA) is 70.2 Å². The van der Waals surface area contributed by atoms with Crippen LogP contribution >= 0.6 is 15.9 Å². The Morgan fingerprint density at radius 3 is 2.11 bits per heavy atom. The van der Waals surface area contributed by atoms with Crippen LogP contribution in [0, 0.1) is 23.5 Å². The summed E-state index contributed by atoms with van der Waals surface area (Å²) in [4.78, 5) is 26.1. The third-order valence-corrected chi connectivity index (χ3v) is 7.85. The fourth-order valence-electron chi connectivity index (χ4n) is 5.32. The average molecular weight is 572 g/mol. The first-order valence-electron chi connectivity index (χ1n) is 12.6. The van der Waals surface area contributed by atoms with Gasteiger partial charge < -0.3 is 16.0 Å². The Morgan fingerprint density at radius 1 is 0.946 bits per heavy atom. The van der Waals surface area contributed by atoms with Crippen LogP contribution in [0.1, 0.15) is 49.3 Å². The molecule has 4 rings (SSSR count). The van der Waals surface area contributed by atoms with Crippen molar-refractivity contribution < 1.29 is 18.4 Å². The fraction of sp³-hybridized carbons (Fsp3) is 0.379. The maximum atomic E-state index is 13.8. The highest BCUT2D eigenvalue weighted by Gasteiger charge is 2.38. The smallest absolute Gasteiger partial charge is 0.234 e. The molecule has 8 heteroatoms. The summed E-state index contributed by atoms with van der Waals surface area (Å²) in [7, 11) is 1.74. The molecule has 0 aromatic heterocycles. The number of likely N-dealkylation sites (N-methyl/N-ethyl adjacent to an activating group) is 1. The molecule has 0 spiro atoms. The Hall–Kier alpha value is -2.84. The molecule has 2 aliphatic rings. The van der Waals surface area contributed by atoms with E-state index in [0.29, 0.717) is 19.3 Å². The van der Waals surface area contributed by atoms with Gasteiger partial charge in [0.05, 0.1) is 12.6 Å². The van der Waals surface area contributed by atoms with Crippen LogP contribution in [-0.2, 0) is 9.59 Å². The van der Waals surface area contributed by atoms with E-state index in [9.17, 15) is 18.4 Å². The first kappa shape index (κ1) is 27.2. The molecule has 0 aliphatic heterocycles. The van der Waals surface area contributed by atoms with Crippen molar-refractivity contribution in [3.63, 3.8) is 0 Å². The maximum Gasteiger partial charge on any atom is 0.234 e. The lowest BCUT2D eigenvalue weighted by atomic mass is 9.71. The average Bonchev–Trinajstić information content (AvgIpc) is 2.89. The number of allylic oxidation sites excluding steroid dienone is 4. The van der Waals surface area contributed by atoms with Crippen molar-refractivity contribution in [1.82, 2.24) is 16.0 Å². The molecule has 1 fully saturated rings. The number of carbonyl (C=O) groups excluding carboxylic acids is 2. The van der Waals surface area contributed by atoms with Gasteiger partial charge in [-0.15, -0.1) is 0 Å². The van der Waals surface area contributed by atoms with Crippen LogP contribution in [0.3, 0.4) is 0 Å². The largest absolute Gasteiger partial charge is 0.352 e. The summed E-state index contributed by atoms with van der Waals surface area (Å²) in [6.45, 7) is 0.250. The van der Waals surface area contributed by atoms with Gasteiger partial charge in [0.15, 0.2) is 0 Å². The van der Waals surface area contributed by atoms with E-state index in [-0.39, 0.29) is 47.9 Å². The Balaban J connectivity index is 1.59. The number of nitrogens with one attached hydrogen (secondary N) is 3. The van der Waals surface area contributed by atoms with Gasteiger partial charge in [0.1, 0.15) is 11.6 Å². The highest BCUT2D eigenvalue weighted by Crippen LogP contribution is 2.40. The molecular formula is C29H32BrF2N3O2. The predicted molar refractivity (Wildman–Crippen MR) is 144 cm³/mol. The first-order valence-corrected chi connectivity index (χ1v) is 13.4. The van der Waals surface area contributed by atoms with Gasteiger partial charge in [-0.05, 0) is 84.9 Å². The SMILES string of the molecule is CNCC(=O)N[C@@H]1CC[C@@H](C(=O)NC(c2ccc(F)cc2)c2ccc(F)cc2)[C@H](C2=CC=C(Br)CC2)C1. The van der Waals surface area contributed by atoms with E-state index >= 15 is 0 Å². The van der Waals surface area contributed by atoms with E-state index in [1.807, 2.05) is 6.08 Å². The molecule has 2 aromatic rings. The van der Waals surface area contributed by atoms with Gasteiger partial charge >= 0.3 is 0 Å². The van der Waals surface area contributed by atoms with E-state index in [1.165, 1.54) is 29.8 Å². The molecule has 3 N–H and O–H groups in total. The van der Waals surface area contributed by atoms with E-state index < -0.39 is 6.04 Å². The Morgan fingerprint density at radius 2 is 1.57 bits per heavy atom. The van der Waals surface area contributed by atoms with Gasteiger partial charge in [-0.25, -0.2) is 8.78 Å². The summed E-state index contributed by atoms with van der Waals surface area (Å²) >= 11 is 3.56. The molecule has 0 heterocycles. The minimum absolute atomic E-state index is 0.00450. The lowest BCUT2D eigenvalue weighted by Crippen LogP contribution is -2.47. The summed E-state index contributed by atoms with van der Waals surface area (Å²) in [5, 5.41) is 9.16. The van der Waals surface area contributed by atoms with Crippen molar-refractivity contribution in [2.45, 2.75) is 44.2 Å². The molecule has 3 atom stereocenters. The second-order valence-electron chi connectivity index (χ2n) is 9.72. The number of rotatable bonds is 8. The lowest BCUT2D eigenvalue weighted by Gasteiger charge is -2.38. The summed E-state index contributed by atoms with van der Waals surface area (Å²) in [5.41, 5.74) is 2.64. The van der Waals surface area contributed by atoms with Crippen molar-refractivity contribution in [1.29, 1.82) is 0 Å². The molecule has 1 saturated carbocycles. The number of hydrogen-bond donors (Lipinski definition) is 3. The highest BCUT2D eigenvalue weighted by atomic mass is 79.9. The second-order valence-corrected chi connectivity index (χ2v) is 10.7. The molecule has 5 nitrogen and oxygen atoms in total. The van der Waals surface area contributed by atoms with E-state index in [2.05, 4.69) is 38.0 Å². The summed E-state index contributed by atoms with van der Waals surface area (Å²) in [6, 6.07) is 11.4.